The molecule has 1 fully saturated rings. The van der Waals surface area contributed by atoms with Crippen molar-refractivity contribution >= 4 is 43.3 Å². The van der Waals surface area contributed by atoms with Gasteiger partial charge in [0.25, 0.3) is 10.0 Å². The van der Waals surface area contributed by atoms with Crippen LogP contribution in [0.5, 0.6) is 0 Å². The molecule has 0 spiro atoms. The molecule has 2 N–H and O–H groups in total. The molecule has 1 saturated heterocycles. The Morgan fingerprint density at radius 3 is 2.68 bits per heavy atom. The molecule has 106 valence electrons. The molecule has 0 radical (unpaired) electrons. The molecule has 1 aliphatic rings. The second kappa shape index (κ2) is 5.13. The number of hydrogen-bond donors (Lipinski definition) is 2. The zero-order chi connectivity index (χ0) is 14.4. The number of aliphatic hydroxyl groups excluding tert-OH is 1. The molecule has 1 aromatic heterocycles. The van der Waals surface area contributed by atoms with Crippen LogP contribution in [0.25, 0.3) is 0 Å². The molecule has 1 aromatic rings. The highest BCUT2D eigenvalue weighted by atomic mass is 79.9. The van der Waals surface area contributed by atoms with E-state index in [1.165, 1.54) is 6.07 Å². The summed E-state index contributed by atoms with van der Waals surface area (Å²) >= 11 is 4.28. The summed E-state index contributed by atoms with van der Waals surface area (Å²) in [7, 11) is -3.89. The summed E-state index contributed by atoms with van der Waals surface area (Å²) in [5.41, 5.74) is 0.773. The molecule has 0 aromatic carbocycles. The number of aryl methyl sites for hydroxylation is 1. The van der Waals surface area contributed by atoms with Crippen LogP contribution in [0, 0.1) is 6.92 Å². The van der Waals surface area contributed by atoms with Crippen LogP contribution in [0.1, 0.15) is 12.0 Å². The van der Waals surface area contributed by atoms with E-state index in [1.54, 1.807) is 6.92 Å². The first-order valence-corrected chi connectivity index (χ1v) is 8.47. The van der Waals surface area contributed by atoms with Crippen LogP contribution >= 0.6 is 27.3 Å². The maximum Gasteiger partial charge on any atom is 0.322 e. The molecule has 0 amide bonds. The summed E-state index contributed by atoms with van der Waals surface area (Å²) in [5, 5.41) is 18.6. The van der Waals surface area contributed by atoms with E-state index in [-0.39, 0.29) is 17.2 Å². The van der Waals surface area contributed by atoms with E-state index in [0.717, 1.165) is 21.2 Å². The molecule has 9 heteroatoms. The van der Waals surface area contributed by atoms with Crippen molar-refractivity contribution in [2.45, 2.75) is 29.7 Å². The van der Waals surface area contributed by atoms with Crippen LogP contribution in [0.4, 0.5) is 0 Å². The third-order valence-electron chi connectivity index (χ3n) is 2.92. The van der Waals surface area contributed by atoms with Gasteiger partial charge in [-0.3, -0.25) is 4.79 Å². The SMILES string of the molecule is Cc1cc(S(=O)(=O)N2C[C@H](O)C[C@@H]2C(=O)O)sc1Br. The number of thiophene rings is 1. The van der Waals surface area contributed by atoms with Crippen LogP contribution in [0.2, 0.25) is 0 Å². The van der Waals surface area contributed by atoms with Crippen molar-refractivity contribution in [3.63, 3.8) is 0 Å². The van der Waals surface area contributed by atoms with Gasteiger partial charge in [-0.2, -0.15) is 4.31 Å². The van der Waals surface area contributed by atoms with Crippen LogP contribution in [0.3, 0.4) is 0 Å². The minimum absolute atomic E-state index is 0.0808. The lowest BCUT2D eigenvalue weighted by molar-refractivity contribution is -0.140. The topological polar surface area (TPSA) is 94.9 Å². The number of hydrogen-bond acceptors (Lipinski definition) is 5. The minimum Gasteiger partial charge on any atom is -0.480 e. The fourth-order valence-corrected chi connectivity index (χ4v) is 5.94. The molecule has 2 heterocycles. The normalized spacial score (nSPS) is 24.8. The lowest BCUT2D eigenvalue weighted by Crippen LogP contribution is -2.40. The van der Waals surface area contributed by atoms with Gasteiger partial charge in [-0.1, -0.05) is 0 Å². The number of aliphatic hydroxyl groups is 1. The first-order valence-electron chi connectivity index (χ1n) is 5.42. The highest BCUT2D eigenvalue weighted by Gasteiger charge is 2.44. The number of carboxylic acid groups (broad SMARTS) is 1. The maximum atomic E-state index is 12.4. The van der Waals surface area contributed by atoms with Gasteiger partial charge in [-0.05, 0) is 34.5 Å². The number of carbonyl (C=O) groups is 1. The zero-order valence-corrected chi connectivity index (χ0v) is 13.1. The number of aliphatic carboxylic acids is 1. The Kier molecular flexibility index (Phi) is 4.03. The lowest BCUT2D eigenvalue weighted by atomic mass is 10.2. The summed E-state index contributed by atoms with van der Waals surface area (Å²) in [6.07, 6.45) is -1.03. The van der Waals surface area contributed by atoms with Crippen molar-refractivity contribution in [3.8, 4) is 0 Å². The van der Waals surface area contributed by atoms with Crippen molar-refractivity contribution in [3.05, 3.63) is 15.4 Å². The predicted molar refractivity (Wildman–Crippen MR) is 72.7 cm³/mol. The van der Waals surface area contributed by atoms with Gasteiger partial charge >= 0.3 is 5.97 Å². The van der Waals surface area contributed by atoms with Gasteiger partial charge in [0.2, 0.25) is 0 Å². The molecular weight excluding hydrogens is 358 g/mol. The number of sulfonamides is 1. The highest BCUT2D eigenvalue weighted by molar-refractivity contribution is 9.11. The summed E-state index contributed by atoms with van der Waals surface area (Å²) in [5.74, 6) is -1.24. The summed E-state index contributed by atoms with van der Waals surface area (Å²) < 4.78 is 26.4. The molecule has 2 rings (SSSR count). The summed E-state index contributed by atoms with van der Waals surface area (Å²) in [6.45, 7) is 1.57. The number of rotatable bonds is 3. The third-order valence-corrected chi connectivity index (χ3v) is 7.38. The smallest absolute Gasteiger partial charge is 0.322 e. The fraction of sp³-hybridized carbons (Fsp3) is 0.500. The van der Waals surface area contributed by atoms with E-state index >= 15 is 0 Å². The van der Waals surface area contributed by atoms with Gasteiger partial charge in [0.15, 0.2) is 0 Å². The lowest BCUT2D eigenvalue weighted by Gasteiger charge is -2.19. The zero-order valence-electron chi connectivity index (χ0n) is 9.91. The van der Waals surface area contributed by atoms with E-state index in [2.05, 4.69) is 15.9 Å². The quantitative estimate of drug-likeness (QED) is 0.829. The van der Waals surface area contributed by atoms with E-state index in [0.29, 0.717) is 3.79 Å². The molecule has 6 nitrogen and oxygen atoms in total. The van der Waals surface area contributed by atoms with Crippen LogP contribution in [-0.2, 0) is 14.8 Å². The molecule has 19 heavy (non-hydrogen) atoms. The van der Waals surface area contributed by atoms with Gasteiger partial charge in [-0.25, -0.2) is 8.42 Å². The van der Waals surface area contributed by atoms with Crippen LogP contribution < -0.4 is 0 Å². The number of β-amino-alcohol motifs (C(OH)–C–C–N with tert-alkyl or cyclic N) is 1. The Hall–Kier alpha value is -0.480. The Morgan fingerprint density at radius 2 is 2.21 bits per heavy atom. The molecule has 0 unspecified atom stereocenters. The average molecular weight is 370 g/mol. The Morgan fingerprint density at radius 1 is 1.58 bits per heavy atom. The standard InChI is InChI=1S/C10H12BrNO5S2/c1-5-2-8(18-9(5)11)19(16,17)12-4-6(13)3-7(12)10(14)15/h2,6-7,13H,3-4H2,1H3,(H,14,15)/t6-,7-/m1/s1. The average Bonchev–Trinajstić information content (AvgIpc) is 2.84. The number of carboxylic acids is 1. The van der Waals surface area contributed by atoms with E-state index in [1.807, 2.05) is 0 Å². The largest absolute Gasteiger partial charge is 0.480 e. The molecule has 0 aliphatic carbocycles. The van der Waals surface area contributed by atoms with Crippen LogP contribution in [-0.4, -0.2) is 47.6 Å². The van der Waals surface area contributed by atoms with E-state index in [9.17, 15) is 18.3 Å². The first-order chi connectivity index (χ1) is 8.73. The highest BCUT2D eigenvalue weighted by Crippen LogP contribution is 2.35. The molecule has 0 bridgehead atoms. The number of nitrogens with zero attached hydrogens (tertiary/aromatic N) is 1. The molecule has 0 saturated carbocycles. The summed E-state index contributed by atoms with van der Waals surface area (Å²) in [4.78, 5) is 11.1. The van der Waals surface area contributed by atoms with Gasteiger partial charge in [0.05, 0.1) is 9.89 Å². The van der Waals surface area contributed by atoms with Crippen LogP contribution in [0.15, 0.2) is 14.1 Å². The summed E-state index contributed by atoms with van der Waals surface area (Å²) in [6, 6.07) is 0.287. The Bertz CT molecular complexity index is 592. The van der Waals surface area contributed by atoms with Gasteiger partial charge in [0, 0.05) is 13.0 Å². The molecule has 2 atom stereocenters. The monoisotopic (exact) mass is 369 g/mol. The van der Waals surface area contributed by atoms with Crippen molar-refractivity contribution < 1.29 is 23.4 Å². The predicted octanol–water partition coefficient (Wildman–Crippen LogP) is 1.03. The van der Waals surface area contributed by atoms with Gasteiger partial charge in [0.1, 0.15) is 10.3 Å². The van der Waals surface area contributed by atoms with Gasteiger partial charge < -0.3 is 10.2 Å². The first kappa shape index (κ1) is 14.9. The Balaban J connectivity index is 2.41. The van der Waals surface area contributed by atoms with Crippen molar-refractivity contribution in [2.24, 2.45) is 0 Å². The molecule has 1 aliphatic heterocycles. The van der Waals surface area contributed by atoms with Crippen molar-refractivity contribution in [1.29, 1.82) is 0 Å². The number of halogens is 1. The van der Waals surface area contributed by atoms with E-state index in [4.69, 9.17) is 5.11 Å². The van der Waals surface area contributed by atoms with Gasteiger partial charge in [-0.15, -0.1) is 11.3 Å². The maximum absolute atomic E-state index is 12.4. The molecular formula is C10H12BrNO5S2. The second-order valence-corrected chi connectivity index (χ2v) is 8.83. The van der Waals surface area contributed by atoms with Crippen molar-refractivity contribution in [1.82, 2.24) is 4.31 Å². The van der Waals surface area contributed by atoms with E-state index < -0.39 is 28.1 Å². The minimum atomic E-state index is -3.89. The fourth-order valence-electron chi connectivity index (χ4n) is 1.95. The Labute approximate surface area is 122 Å². The van der Waals surface area contributed by atoms with Crippen molar-refractivity contribution in [2.75, 3.05) is 6.54 Å². The third kappa shape index (κ3) is 2.70. The second-order valence-electron chi connectivity index (χ2n) is 4.34.